The fourth-order valence-electron chi connectivity index (χ4n) is 2.26. The molecule has 0 amide bonds. The highest BCUT2D eigenvalue weighted by atomic mass is 16.5. The van der Waals surface area contributed by atoms with Crippen molar-refractivity contribution >= 4 is 0 Å². The summed E-state index contributed by atoms with van der Waals surface area (Å²) in [4.78, 5) is 0. The summed E-state index contributed by atoms with van der Waals surface area (Å²) in [5.41, 5.74) is 6.16. The molecule has 2 heteroatoms. The summed E-state index contributed by atoms with van der Waals surface area (Å²) in [6.07, 6.45) is 6.73. The molecule has 2 nitrogen and oxygen atoms in total. The van der Waals surface area contributed by atoms with Gasteiger partial charge in [0.1, 0.15) is 0 Å². The van der Waals surface area contributed by atoms with E-state index < -0.39 is 0 Å². The summed E-state index contributed by atoms with van der Waals surface area (Å²) in [7, 11) is 0. The molecule has 17 heavy (non-hydrogen) atoms. The third-order valence-electron chi connectivity index (χ3n) is 4.71. The Balaban J connectivity index is 4.22. The van der Waals surface area contributed by atoms with Crippen LogP contribution in [-0.4, -0.2) is 18.8 Å². The van der Waals surface area contributed by atoms with Crippen LogP contribution in [-0.2, 0) is 4.74 Å². The van der Waals surface area contributed by atoms with Gasteiger partial charge in [0.2, 0.25) is 0 Å². The lowest BCUT2D eigenvalue weighted by molar-refractivity contribution is -0.0657. The number of nitrogens with two attached hydrogens (primary N) is 1. The summed E-state index contributed by atoms with van der Waals surface area (Å²) in [5, 5.41) is 0. The maximum atomic E-state index is 6.19. The van der Waals surface area contributed by atoms with Gasteiger partial charge >= 0.3 is 0 Å². The third-order valence-corrected chi connectivity index (χ3v) is 4.71. The van der Waals surface area contributed by atoms with E-state index in [-0.39, 0.29) is 5.60 Å². The molecule has 104 valence electrons. The smallest absolute Gasteiger partial charge is 0.0689 e. The van der Waals surface area contributed by atoms with Crippen molar-refractivity contribution < 1.29 is 4.74 Å². The normalized spacial score (nSPS) is 13.1. The molecule has 0 radical (unpaired) electrons. The largest absolute Gasteiger partial charge is 0.375 e. The first kappa shape index (κ1) is 16.9. The molecule has 0 aromatic carbocycles. The van der Waals surface area contributed by atoms with Gasteiger partial charge in [0, 0.05) is 6.61 Å². The number of rotatable bonds is 10. The van der Waals surface area contributed by atoms with Gasteiger partial charge in [-0.05, 0) is 37.6 Å². The van der Waals surface area contributed by atoms with E-state index in [0.717, 1.165) is 38.8 Å². The van der Waals surface area contributed by atoms with Crippen molar-refractivity contribution in [2.24, 2.45) is 11.1 Å². The van der Waals surface area contributed by atoms with Crippen molar-refractivity contribution in [2.45, 2.75) is 78.7 Å². The van der Waals surface area contributed by atoms with Crippen LogP contribution in [0.5, 0.6) is 0 Å². The van der Waals surface area contributed by atoms with Gasteiger partial charge in [0.25, 0.3) is 0 Å². The molecule has 0 rings (SSSR count). The van der Waals surface area contributed by atoms with Gasteiger partial charge in [-0.25, -0.2) is 0 Å². The van der Waals surface area contributed by atoms with E-state index in [1.165, 1.54) is 12.8 Å². The Morgan fingerprint density at radius 1 is 0.882 bits per heavy atom. The molecule has 0 aromatic heterocycles. The van der Waals surface area contributed by atoms with Gasteiger partial charge in [0.05, 0.1) is 5.60 Å². The van der Waals surface area contributed by atoms with Gasteiger partial charge < -0.3 is 10.5 Å². The van der Waals surface area contributed by atoms with E-state index in [0.29, 0.717) is 5.41 Å². The minimum absolute atomic E-state index is 0.0249. The third kappa shape index (κ3) is 5.39. The first-order chi connectivity index (χ1) is 8.01. The molecule has 0 atom stereocenters. The molecule has 0 heterocycles. The van der Waals surface area contributed by atoms with Crippen LogP contribution < -0.4 is 5.73 Å². The van der Waals surface area contributed by atoms with E-state index >= 15 is 0 Å². The van der Waals surface area contributed by atoms with Crippen molar-refractivity contribution in [1.82, 2.24) is 0 Å². The quantitative estimate of drug-likeness (QED) is 0.626. The Labute approximate surface area is 108 Å². The van der Waals surface area contributed by atoms with Gasteiger partial charge in [-0.2, -0.15) is 0 Å². The van der Waals surface area contributed by atoms with Gasteiger partial charge in [-0.3, -0.25) is 0 Å². The lowest BCUT2D eigenvalue weighted by Crippen LogP contribution is -2.35. The Morgan fingerprint density at radius 3 is 1.76 bits per heavy atom. The van der Waals surface area contributed by atoms with Crippen molar-refractivity contribution in [2.75, 3.05) is 13.2 Å². The van der Waals surface area contributed by atoms with Crippen molar-refractivity contribution in [3.05, 3.63) is 0 Å². The van der Waals surface area contributed by atoms with Crippen LogP contribution in [0.1, 0.15) is 73.1 Å². The zero-order valence-electron chi connectivity index (χ0n) is 12.6. The van der Waals surface area contributed by atoms with Gasteiger partial charge in [-0.15, -0.1) is 0 Å². The minimum atomic E-state index is 0.0249. The highest BCUT2D eigenvalue weighted by Crippen LogP contribution is 2.31. The lowest BCUT2D eigenvalue weighted by atomic mass is 9.82. The highest BCUT2D eigenvalue weighted by Gasteiger charge is 2.27. The maximum Gasteiger partial charge on any atom is 0.0689 e. The topological polar surface area (TPSA) is 35.2 Å². The number of hydrogen-bond acceptors (Lipinski definition) is 2. The fraction of sp³-hybridized carbons (Fsp3) is 1.00. The van der Waals surface area contributed by atoms with E-state index in [9.17, 15) is 0 Å². The number of hydrogen-bond donors (Lipinski definition) is 1. The second-order valence-electron chi connectivity index (χ2n) is 5.55. The molecule has 0 aliphatic carbocycles. The Hall–Kier alpha value is -0.0800. The molecule has 2 N–H and O–H groups in total. The first-order valence-electron chi connectivity index (χ1n) is 7.35. The summed E-state index contributed by atoms with van der Waals surface area (Å²) in [6, 6.07) is 0. The Morgan fingerprint density at radius 2 is 1.41 bits per heavy atom. The van der Waals surface area contributed by atoms with Gasteiger partial charge in [-0.1, -0.05) is 47.5 Å². The van der Waals surface area contributed by atoms with Crippen molar-refractivity contribution in [1.29, 1.82) is 0 Å². The predicted octanol–water partition coefficient (Wildman–Crippen LogP) is 4.13. The van der Waals surface area contributed by atoms with Crippen LogP contribution in [0.25, 0.3) is 0 Å². The SMILES string of the molecule is CCC(C)(CC)CCOC(CC)(CC)CCN. The fourth-order valence-corrected chi connectivity index (χ4v) is 2.26. The minimum Gasteiger partial charge on any atom is -0.375 e. The zero-order chi connectivity index (χ0) is 13.4. The molecule has 0 aliphatic heterocycles. The Bertz CT molecular complexity index is 183. The monoisotopic (exact) mass is 243 g/mol. The van der Waals surface area contributed by atoms with E-state index in [2.05, 4.69) is 34.6 Å². The average Bonchev–Trinajstić information content (AvgIpc) is 2.37. The molecule has 0 spiro atoms. The maximum absolute atomic E-state index is 6.19. The molecule has 0 fully saturated rings. The summed E-state index contributed by atoms with van der Waals surface area (Å²) >= 11 is 0. The van der Waals surface area contributed by atoms with Crippen LogP contribution in [0.3, 0.4) is 0 Å². The average molecular weight is 243 g/mol. The van der Waals surface area contributed by atoms with E-state index in [1.807, 2.05) is 0 Å². The highest BCUT2D eigenvalue weighted by molar-refractivity contribution is 4.79. The first-order valence-corrected chi connectivity index (χ1v) is 7.35. The molecule has 0 saturated carbocycles. The molecule has 0 aliphatic rings. The van der Waals surface area contributed by atoms with Crippen molar-refractivity contribution in [3.8, 4) is 0 Å². The molecule has 0 saturated heterocycles. The van der Waals surface area contributed by atoms with Crippen LogP contribution in [0, 0.1) is 5.41 Å². The summed E-state index contributed by atoms with van der Waals surface area (Å²) in [6.45, 7) is 12.9. The second kappa shape index (κ2) is 8.10. The summed E-state index contributed by atoms with van der Waals surface area (Å²) in [5.74, 6) is 0. The molecule has 0 bridgehead atoms. The van der Waals surface area contributed by atoms with Crippen LogP contribution in [0.4, 0.5) is 0 Å². The molecule has 0 aromatic rings. The standard InChI is InChI=1S/C15H33NO/c1-6-14(5,7-2)11-13-17-15(8-3,9-4)10-12-16/h6-13,16H2,1-5H3. The molecule has 0 unspecified atom stereocenters. The van der Waals surface area contributed by atoms with Crippen LogP contribution in [0.2, 0.25) is 0 Å². The molecular formula is C15H33NO. The van der Waals surface area contributed by atoms with Crippen LogP contribution >= 0.6 is 0 Å². The van der Waals surface area contributed by atoms with Crippen molar-refractivity contribution in [3.63, 3.8) is 0 Å². The van der Waals surface area contributed by atoms with E-state index in [1.54, 1.807) is 0 Å². The number of ether oxygens (including phenoxy) is 1. The predicted molar refractivity (Wildman–Crippen MR) is 76.2 cm³/mol. The molecular weight excluding hydrogens is 210 g/mol. The van der Waals surface area contributed by atoms with E-state index in [4.69, 9.17) is 10.5 Å². The second-order valence-corrected chi connectivity index (χ2v) is 5.55. The van der Waals surface area contributed by atoms with Gasteiger partial charge in [0.15, 0.2) is 0 Å². The Kier molecular flexibility index (Phi) is 8.06. The van der Waals surface area contributed by atoms with Crippen LogP contribution in [0.15, 0.2) is 0 Å². The lowest BCUT2D eigenvalue weighted by Gasteiger charge is -2.34. The zero-order valence-corrected chi connectivity index (χ0v) is 12.6. The summed E-state index contributed by atoms with van der Waals surface area (Å²) < 4.78 is 6.19.